The predicted molar refractivity (Wildman–Crippen MR) is 126 cm³/mol. The first-order chi connectivity index (χ1) is 14.8. The molecule has 0 unspecified atom stereocenters. The summed E-state index contributed by atoms with van der Waals surface area (Å²) in [4.78, 5) is 40.8. The summed E-state index contributed by atoms with van der Waals surface area (Å²) in [5.74, 6) is -0.354. The molecule has 2 aromatic heterocycles. The van der Waals surface area contributed by atoms with Crippen LogP contribution in [0.2, 0.25) is 5.02 Å². The highest BCUT2D eigenvalue weighted by molar-refractivity contribution is 7.18. The summed E-state index contributed by atoms with van der Waals surface area (Å²) in [7, 11) is 0. The summed E-state index contributed by atoms with van der Waals surface area (Å²) in [6.45, 7) is 5.48. The number of fused-ring (bicyclic) bond motifs is 1. The van der Waals surface area contributed by atoms with Crippen molar-refractivity contribution in [1.29, 1.82) is 0 Å². The Morgan fingerprint density at radius 3 is 2.45 bits per heavy atom. The molecule has 0 fully saturated rings. The van der Waals surface area contributed by atoms with Gasteiger partial charge in [-0.3, -0.25) is 14.2 Å². The van der Waals surface area contributed by atoms with Gasteiger partial charge in [0.1, 0.15) is 11.4 Å². The van der Waals surface area contributed by atoms with Crippen LogP contribution in [0, 0.1) is 20.8 Å². The number of anilines is 1. The van der Waals surface area contributed by atoms with E-state index in [0.29, 0.717) is 26.6 Å². The third kappa shape index (κ3) is 3.94. The van der Waals surface area contributed by atoms with Gasteiger partial charge in [0.2, 0.25) is 5.91 Å². The molecule has 1 N–H and O–H groups in total. The molecule has 1 amide bonds. The number of nitrogens with one attached hydrogen (secondary N) is 1. The maximum atomic E-state index is 13.4. The van der Waals surface area contributed by atoms with Crippen LogP contribution in [0.25, 0.3) is 15.9 Å². The Morgan fingerprint density at radius 1 is 1.06 bits per heavy atom. The molecule has 0 radical (unpaired) electrons. The zero-order chi connectivity index (χ0) is 22.3. The number of carbonyl (C=O) groups excluding carboxylic acids is 1. The standard InChI is InChI=1S/C23H20ClN3O3S/c1-13-7-9-17(10-8-13)25-19(28)12-26-22-20(14(2)15(3)31-22)21(29)27(23(26)30)18-6-4-5-16(24)11-18/h4-11H,12H2,1-3H3,(H,25,28). The number of amides is 1. The van der Waals surface area contributed by atoms with E-state index in [1.807, 2.05) is 32.9 Å². The molecule has 0 spiro atoms. The van der Waals surface area contributed by atoms with Crippen molar-refractivity contribution in [3.63, 3.8) is 0 Å². The molecule has 0 bridgehead atoms. The third-order valence-electron chi connectivity index (χ3n) is 5.15. The fourth-order valence-corrected chi connectivity index (χ4v) is 4.75. The highest BCUT2D eigenvalue weighted by Gasteiger charge is 2.21. The van der Waals surface area contributed by atoms with Crippen LogP contribution in [0.1, 0.15) is 16.0 Å². The van der Waals surface area contributed by atoms with E-state index in [1.54, 1.807) is 36.4 Å². The van der Waals surface area contributed by atoms with Crippen LogP contribution < -0.4 is 16.6 Å². The average molecular weight is 454 g/mol. The number of nitrogens with zero attached hydrogens (tertiary/aromatic N) is 2. The third-order valence-corrected chi connectivity index (χ3v) is 6.62. The van der Waals surface area contributed by atoms with Gasteiger partial charge in [-0.1, -0.05) is 35.4 Å². The quantitative estimate of drug-likeness (QED) is 0.496. The Morgan fingerprint density at radius 2 is 1.77 bits per heavy atom. The van der Waals surface area contributed by atoms with Gasteiger partial charge < -0.3 is 5.32 Å². The molecule has 8 heteroatoms. The van der Waals surface area contributed by atoms with E-state index < -0.39 is 11.2 Å². The van der Waals surface area contributed by atoms with Crippen molar-refractivity contribution in [3.8, 4) is 5.69 Å². The van der Waals surface area contributed by atoms with Crippen molar-refractivity contribution in [2.75, 3.05) is 5.32 Å². The molecule has 0 saturated heterocycles. The zero-order valence-electron chi connectivity index (χ0n) is 17.2. The Balaban J connectivity index is 1.87. The summed E-state index contributed by atoms with van der Waals surface area (Å²) in [5.41, 5.74) is 1.88. The SMILES string of the molecule is Cc1ccc(NC(=O)Cn2c(=O)n(-c3cccc(Cl)c3)c(=O)c3c(C)c(C)sc32)cc1. The lowest BCUT2D eigenvalue weighted by Gasteiger charge is -2.13. The lowest BCUT2D eigenvalue weighted by atomic mass is 10.2. The van der Waals surface area contributed by atoms with Crippen LogP contribution in [-0.2, 0) is 11.3 Å². The molecule has 0 aliphatic rings. The van der Waals surface area contributed by atoms with Gasteiger partial charge in [0.25, 0.3) is 5.56 Å². The lowest BCUT2D eigenvalue weighted by molar-refractivity contribution is -0.116. The molecule has 0 aliphatic carbocycles. The van der Waals surface area contributed by atoms with Gasteiger partial charge in [0, 0.05) is 15.6 Å². The number of thiophene rings is 1. The monoisotopic (exact) mass is 453 g/mol. The summed E-state index contributed by atoms with van der Waals surface area (Å²) in [6, 6.07) is 13.9. The average Bonchev–Trinajstić information content (AvgIpc) is 3.02. The fraction of sp³-hybridized carbons (Fsp3) is 0.174. The molecule has 158 valence electrons. The van der Waals surface area contributed by atoms with Gasteiger partial charge >= 0.3 is 5.69 Å². The Bertz CT molecular complexity index is 1430. The number of rotatable bonds is 4. The summed E-state index contributed by atoms with van der Waals surface area (Å²) < 4.78 is 2.43. The number of aryl methyl sites for hydroxylation is 3. The maximum Gasteiger partial charge on any atom is 0.337 e. The van der Waals surface area contributed by atoms with Crippen molar-refractivity contribution >= 4 is 44.7 Å². The van der Waals surface area contributed by atoms with Gasteiger partial charge in [0.15, 0.2) is 0 Å². The lowest BCUT2D eigenvalue weighted by Crippen LogP contribution is -2.40. The largest absolute Gasteiger partial charge is 0.337 e. The van der Waals surface area contributed by atoms with Gasteiger partial charge in [-0.15, -0.1) is 11.3 Å². The van der Waals surface area contributed by atoms with Crippen LogP contribution in [0.4, 0.5) is 5.69 Å². The van der Waals surface area contributed by atoms with E-state index in [0.717, 1.165) is 20.6 Å². The molecule has 2 aromatic carbocycles. The highest BCUT2D eigenvalue weighted by Crippen LogP contribution is 2.27. The molecule has 0 saturated carbocycles. The zero-order valence-corrected chi connectivity index (χ0v) is 18.8. The molecule has 31 heavy (non-hydrogen) atoms. The number of aromatic nitrogens is 2. The number of halogens is 1. The second-order valence-corrected chi connectivity index (χ2v) is 9.01. The highest BCUT2D eigenvalue weighted by atomic mass is 35.5. The second-order valence-electron chi connectivity index (χ2n) is 7.37. The van der Waals surface area contributed by atoms with E-state index >= 15 is 0 Å². The minimum Gasteiger partial charge on any atom is -0.325 e. The Labute approximate surface area is 187 Å². The number of benzene rings is 2. The van der Waals surface area contributed by atoms with E-state index in [-0.39, 0.29) is 12.5 Å². The Kier molecular flexibility index (Phi) is 5.56. The summed E-state index contributed by atoms with van der Waals surface area (Å²) >= 11 is 7.43. The second kappa shape index (κ2) is 8.17. The van der Waals surface area contributed by atoms with E-state index in [9.17, 15) is 14.4 Å². The molecule has 6 nitrogen and oxygen atoms in total. The van der Waals surface area contributed by atoms with Gasteiger partial charge in [-0.05, 0) is 56.7 Å². The number of hydrogen-bond acceptors (Lipinski definition) is 4. The first-order valence-corrected chi connectivity index (χ1v) is 10.8. The molecule has 0 atom stereocenters. The molecule has 2 heterocycles. The smallest absolute Gasteiger partial charge is 0.325 e. The van der Waals surface area contributed by atoms with Crippen molar-refractivity contribution in [3.05, 3.63) is 90.4 Å². The van der Waals surface area contributed by atoms with Crippen molar-refractivity contribution in [2.45, 2.75) is 27.3 Å². The Hall–Kier alpha value is -3.16. The van der Waals surface area contributed by atoms with Gasteiger partial charge in [0.05, 0.1) is 11.1 Å². The van der Waals surface area contributed by atoms with E-state index in [1.165, 1.54) is 15.9 Å². The minimum atomic E-state index is -0.583. The predicted octanol–water partition coefficient (Wildman–Crippen LogP) is 4.43. The minimum absolute atomic E-state index is 0.219. The molecular weight excluding hydrogens is 434 g/mol. The summed E-state index contributed by atoms with van der Waals surface area (Å²) in [5, 5.41) is 3.65. The van der Waals surface area contributed by atoms with Gasteiger partial charge in [-0.2, -0.15) is 0 Å². The molecular formula is C23H20ClN3O3S. The molecule has 4 aromatic rings. The van der Waals surface area contributed by atoms with E-state index in [2.05, 4.69) is 5.32 Å². The number of carbonyl (C=O) groups is 1. The molecule has 4 rings (SSSR count). The van der Waals surface area contributed by atoms with Crippen molar-refractivity contribution in [1.82, 2.24) is 9.13 Å². The van der Waals surface area contributed by atoms with Crippen LogP contribution in [-0.4, -0.2) is 15.0 Å². The fourth-order valence-electron chi connectivity index (χ4n) is 3.42. The van der Waals surface area contributed by atoms with Crippen LogP contribution in [0.5, 0.6) is 0 Å². The topological polar surface area (TPSA) is 73.1 Å². The van der Waals surface area contributed by atoms with Crippen LogP contribution in [0.3, 0.4) is 0 Å². The van der Waals surface area contributed by atoms with Crippen molar-refractivity contribution < 1.29 is 4.79 Å². The maximum absolute atomic E-state index is 13.4. The number of hydrogen-bond donors (Lipinski definition) is 1. The van der Waals surface area contributed by atoms with Crippen molar-refractivity contribution in [2.24, 2.45) is 0 Å². The van der Waals surface area contributed by atoms with Crippen LogP contribution >= 0.6 is 22.9 Å². The first kappa shape index (κ1) is 21.1. The molecule has 0 aliphatic heterocycles. The normalized spacial score (nSPS) is 11.1. The first-order valence-electron chi connectivity index (χ1n) is 9.64. The summed E-state index contributed by atoms with van der Waals surface area (Å²) in [6.07, 6.45) is 0. The van der Waals surface area contributed by atoms with E-state index in [4.69, 9.17) is 11.6 Å². The van der Waals surface area contributed by atoms with Crippen LogP contribution in [0.15, 0.2) is 58.1 Å². The van der Waals surface area contributed by atoms with Gasteiger partial charge in [-0.25, -0.2) is 9.36 Å².